The van der Waals surface area contributed by atoms with Gasteiger partial charge < -0.3 is 15.6 Å². The van der Waals surface area contributed by atoms with Gasteiger partial charge >= 0.3 is 0 Å². The van der Waals surface area contributed by atoms with E-state index in [1.165, 1.54) is 0 Å². The molecule has 0 radical (unpaired) electrons. The summed E-state index contributed by atoms with van der Waals surface area (Å²) in [4.78, 5) is 15.1. The fourth-order valence-corrected chi connectivity index (χ4v) is 2.35. The van der Waals surface area contributed by atoms with E-state index in [1.54, 1.807) is 6.33 Å². The van der Waals surface area contributed by atoms with Crippen LogP contribution < -0.4 is 11.1 Å². The fourth-order valence-electron chi connectivity index (χ4n) is 2.35. The first-order valence-corrected chi connectivity index (χ1v) is 5.61. The van der Waals surface area contributed by atoms with Gasteiger partial charge in [0.2, 0.25) is 5.91 Å². The maximum Gasteiger partial charge on any atom is 0.237 e. The summed E-state index contributed by atoms with van der Waals surface area (Å²) in [5.74, 6) is -0.322. The van der Waals surface area contributed by atoms with Crippen LogP contribution in [0.15, 0.2) is 12.5 Å². The molecular weight excluding hydrogens is 204 g/mol. The van der Waals surface area contributed by atoms with Crippen molar-refractivity contribution < 1.29 is 4.79 Å². The number of hydrogen-bond donors (Lipinski definition) is 2. The van der Waals surface area contributed by atoms with Gasteiger partial charge in [-0.15, -0.1) is 0 Å². The monoisotopic (exact) mass is 222 g/mol. The Morgan fingerprint density at radius 1 is 1.62 bits per heavy atom. The predicted octanol–water partition coefficient (Wildman–Crippen LogP) is 0.00950. The van der Waals surface area contributed by atoms with E-state index in [0.29, 0.717) is 0 Å². The van der Waals surface area contributed by atoms with Crippen molar-refractivity contribution in [3.8, 4) is 0 Å². The third kappa shape index (κ3) is 2.09. The average Bonchev–Trinajstić information content (AvgIpc) is 2.66. The topological polar surface area (TPSA) is 72.9 Å². The lowest BCUT2D eigenvalue weighted by atomic mass is 9.78. The second-order valence-electron chi connectivity index (χ2n) is 4.68. The summed E-state index contributed by atoms with van der Waals surface area (Å²) < 4.78 is 1.87. The van der Waals surface area contributed by atoms with E-state index in [1.807, 2.05) is 10.8 Å². The Morgan fingerprint density at radius 3 is 2.94 bits per heavy atom. The summed E-state index contributed by atoms with van der Waals surface area (Å²) in [5, 5.41) is 3.34. The summed E-state index contributed by atoms with van der Waals surface area (Å²) in [5.41, 5.74) is 6.45. The molecule has 5 nitrogen and oxygen atoms in total. The molecule has 3 N–H and O–H groups in total. The van der Waals surface area contributed by atoms with Crippen molar-refractivity contribution in [2.75, 3.05) is 13.1 Å². The van der Waals surface area contributed by atoms with Gasteiger partial charge in [0.1, 0.15) is 6.54 Å². The zero-order valence-electron chi connectivity index (χ0n) is 9.57. The van der Waals surface area contributed by atoms with Crippen molar-refractivity contribution in [2.45, 2.75) is 31.7 Å². The number of aromatic nitrogens is 2. The molecule has 0 aromatic carbocycles. The molecule has 2 heterocycles. The van der Waals surface area contributed by atoms with Gasteiger partial charge in [-0.1, -0.05) is 6.92 Å². The number of amides is 1. The first-order valence-electron chi connectivity index (χ1n) is 5.61. The van der Waals surface area contributed by atoms with Crippen molar-refractivity contribution in [3.05, 3.63) is 18.2 Å². The van der Waals surface area contributed by atoms with E-state index in [4.69, 9.17) is 5.73 Å². The molecule has 2 rings (SSSR count). The number of imidazole rings is 1. The first kappa shape index (κ1) is 11.1. The van der Waals surface area contributed by atoms with Gasteiger partial charge in [-0.3, -0.25) is 4.79 Å². The van der Waals surface area contributed by atoms with Crippen LogP contribution in [0.4, 0.5) is 0 Å². The van der Waals surface area contributed by atoms with E-state index in [9.17, 15) is 4.79 Å². The number of hydrogen-bond acceptors (Lipinski definition) is 3. The van der Waals surface area contributed by atoms with Gasteiger partial charge in [-0.05, 0) is 25.9 Å². The zero-order valence-corrected chi connectivity index (χ0v) is 9.57. The minimum absolute atomic E-state index is 0.108. The van der Waals surface area contributed by atoms with Crippen molar-refractivity contribution in [2.24, 2.45) is 5.73 Å². The van der Waals surface area contributed by atoms with E-state index in [2.05, 4.69) is 17.2 Å². The minimum atomic E-state index is -0.322. The lowest BCUT2D eigenvalue weighted by molar-refractivity contribution is -0.118. The Hall–Kier alpha value is -1.36. The summed E-state index contributed by atoms with van der Waals surface area (Å²) in [6, 6.07) is 0. The highest BCUT2D eigenvalue weighted by atomic mass is 16.1. The summed E-state index contributed by atoms with van der Waals surface area (Å²) in [7, 11) is 0. The zero-order chi connectivity index (χ0) is 11.6. The van der Waals surface area contributed by atoms with Crippen LogP contribution in [0.25, 0.3) is 0 Å². The number of rotatable bonds is 3. The van der Waals surface area contributed by atoms with Gasteiger partial charge in [0, 0.05) is 17.3 Å². The molecule has 0 bridgehead atoms. The second-order valence-corrected chi connectivity index (χ2v) is 4.68. The number of carbonyl (C=O) groups is 1. The standard InChI is InChI=1S/C11H18N4O/c1-11(2-4-13-5-3-11)9-6-14-8-15(9)7-10(12)16/h6,8,13H,2-5,7H2,1H3,(H2,12,16). The highest BCUT2D eigenvalue weighted by molar-refractivity contribution is 5.73. The number of nitrogens with zero attached hydrogens (tertiary/aromatic N) is 2. The van der Waals surface area contributed by atoms with Crippen LogP contribution in [0.3, 0.4) is 0 Å². The molecular formula is C11H18N4O. The maximum atomic E-state index is 11.0. The molecule has 5 heteroatoms. The van der Waals surface area contributed by atoms with Gasteiger partial charge in [0.25, 0.3) is 0 Å². The molecule has 1 aliphatic heterocycles. The lowest BCUT2D eigenvalue weighted by Gasteiger charge is -2.34. The Labute approximate surface area is 95.0 Å². The lowest BCUT2D eigenvalue weighted by Crippen LogP contribution is -2.39. The number of nitrogens with one attached hydrogen (secondary N) is 1. The highest BCUT2D eigenvalue weighted by Crippen LogP contribution is 2.32. The van der Waals surface area contributed by atoms with Crippen LogP contribution in [0.1, 0.15) is 25.5 Å². The van der Waals surface area contributed by atoms with E-state index >= 15 is 0 Å². The highest BCUT2D eigenvalue weighted by Gasteiger charge is 2.31. The third-order valence-electron chi connectivity index (χ3n) is 3.36. The summed E-state index contributed by atoms with van der Waals surface area (Å²) >= 11 is 0. The molecule has 16 heavy (non-hydrogen) atoms. The molecule has 0 saturated carbocycles. The third-order valence-corrected chi connectivity index (χ3v) is 3.36. The molecule has 1 amide bonds. The Morgan fingerprint density at radius 2 is 2.31 bits per heavy atom. The summed E-state index contributed by atoms with van der Waals surface area (Å²) in [6.07, 6.45) is 5.68. The smallest absolute Gasteiger partial charge is 0.237 e. The van der Waals surface area contributed by atoms with Crippen LogP contribution in [0.2, 0.25) is 0 Å². The SMILES string of the molecule is CC1(c2cncn2CC(N)=O)CCNCC1. The van der Waals surface area contributed by atoms with Crippen LogP contribution in [-0.4, -0.2) is 28.5 Å². The number of nitrogens with two attached hydrogens (primary N) is 1. The fraction of sp³-hybridized carbons (Fsp3) is 0.636. The largest absolute Gasteiger partial charge is 0.368 e. The molecule has 1 fully saturated rings. The molecule has 0 atom stereocenters. The van der Waals surface area contributed by atoms with Gasteiger partial charge in [0.15, 0.2) is 0 Å². The van der Waals surface area contributed by atoms with Crippen molar-refractivity contribution in [3.63, 3.8) is 0 Å². The Kier molecular flexibility index (Phi) is 2.96. The van der Waals surface area contributed by atoms with Gasteiger partial charge in [0.05, 0.1) is 6.33 Å². The van der Waals surface area contributed by atoms with Crippen LogP contribution in [-0.2, 0) is 16.8 Å². The Balaban J connectivity index is 2.24. The molecule has 0 spiro atoms. The summed E-state index contributed by atoms with van der Waals surface area (Å²) in [6.45, 7) is 4.47. The van der Waals surface area contributed by atoms with Crippen LogP contribution in [0, 0.1) is 0 Å². The normalized spacial score (nSPS) is 19.6. The van der Waals surface area contributed by atoms with Crippen LogP contribution >= 0.6 is 0 Å². The van der Waals surface area contributed by atoms with Crippen molar-refractivity contribution in [1.82, 2.24) is 14.9 Å². The van der Waals surface area contributed by atoms with Gasteiger partial charge in [-0.25, -0.2) is 4.98 Å². The van der Waals surface area contributed by atoms with E-state index in [0.717, 1.165) is 31.6 Å². The van der Waals surface area contributed by atoms with E-state index in [-0.39, 0.29) is 17.9 Å². The Bertz CT molecular complexity index is 379. The maximum absolute atomic E-state index is 11.0. The molecule has 88 valence electrons. The van der Waals surface area contributed by atoms with Gasteiger partial charge in [-0.2, -0.15) is 0 Å². The predicted molar refractivity (Wildman–Crippen MR) is 60.9 cm³/mol. The number of carbonyl (C=O) groups excluding carboxylic acids is 1. The molecule has 1 aromatic heterocycles. The molecule has 1 saturated heterocycles. The number of piperidine rings is 1. The molecule has 1 aromatic rings. The molecule has 0 aliphatic carbocycles. The number of primary amides is 1. The average molecular weight is 222 g/mol. The van der Waals surface area contributed by atoms with E-state index < -0.39 is 0 Å². The molecule has 0 unspecified atom stereocenters. The molecule has 1 aliphatic rings. The second kappa shape index (κ2) is 4.25. The minimum Gasteiger partial charge on any atom is -0.368 e. The quantitative estimate of drug-likeness (QED) is 0.756. The first-order chi connectivity index (χ1) is 7.62. The van der Waals surface area contributed by atoms with Crippen molar-refractivity contribution in [1.29, 1.82) is 0 Å². The van der Waals surface area contributed by atoms with Crippen molar-refractivity contribution >= 4 is 5.91 Å². The van der Waals surface area contributed by atoms with Crippen LogP contribution in [0.5, 0.6) is 0 Å².